The SMILES string of the molecule is CC(=O)c1ccc(NC(=O)CSc2nnc(-c3ccccn3)n2-n2cccc2)cc1. The van der Waals surface area contributed by atoms with E-state index in [1.807, 2.05) is 52.1 Å². The average Bonchev–Trinajstić information content (AvgIpc) is 3.43. The molecule has 3 aromatic heterocycles. The van der Waals surface area contributed by atoms with Crippen LogP contribution in [0.2, 0.25) is 0 Å². The third-order valence-corrected chi connectivity index (χ3v) is 5.15. The number of thioether (sulfide) groups is 1. The number of nitrogens with one attached hydrogen (secondary N) is 1. The molecule has 0 aliphatic heterocycles. The number of pyridine rings is 1. The minimum Gasteiger partial charge on any atom is -0.325 e. The molecule has 4 aromatic rings. The highest BCUT2D eigenvalue weighted by atomic mass is 32.2. The van der Waals surface area contributed by atoms with E-state index in [0.29, 0.717) is 27.9 Å². The van der Waals surface area contributed by atoms with Gasteiger partial charge < -0.3 is 5.32 Å². The largest absolute Gasteiger partial charge is 0.325 e. The second kappa shape index (κ2) is 8.75. The van der Waals surface area contributed by atoms with E-state index in [1.54, 1.807) is 30.5 Å². The predicted octanol–water partition coefficient (Wildman–Crippen LogP) is 3.39. The Morgan fingerprint density at radius 2 is 1.77 bits per heavy atom. The van der Waals surface area contributed by atoms with Gasteiger partial charge in [-0.15, -0.1) is 10.2 Å². The zero-order chi connectivity index (χ0) is 20.9. The number of carbonyl (C=O) groups is 2. The van der Waals surface area contributed by atoms with Crippen LogP contribution < -0.4 is 5.32 Å². The molecule has 1 amide bonds. The molecule has 1 N–H and O–H groups in total. The number of aromatic nitrogens is 5. The number of hydrogen-bond acceptors (Lipinski definition) is 6. The Balaban J connectivity index is 1.50. The summed E-state index contributed by atoms with van der Waals surface area (Å²) >= 11 is 1.27. The van der Waals surface area contributed by atoms with Crippen molar-refractivity contribution in [1.29, 1.82) is 0 Å². The minimum atomic E-state index is -0.183. The molecular weight excluding hydrogens is 400 g/mol. The molecule has 1 aromatic carbocycles. The van der Waals surface area contributed by atoms with Gasteiger partial charge in [0.15, 0.2) is 5.78 Å². The minimum absolute atomic E-state index is 0.0171. The molecule has 0 saturated carbocycles. The molecule has 8 nitrogen and oxygen atoms in total. The fraction of sp³-hybridized carbons (Fsp3) is 0.0952. The number of amides is 1. The molecule has 30 heavy (non-hydrogen) atoms. The van der Waals surface area contributed by atoms with Gasteiger partial charge in [-0.1, -0.05) is 17.8 Å². The second-order valence-electron chi connectivity index (χ2n) is 6.37. The monoisotopic (exact) mass is 418 g/mol. The van der Waals surface area contributed by atoms with Crippen LogP contribution in [0.5, 0.6) is 0 Å². The Bertz CT molecular complexity index is 1150. The van der Waals surface area contributed by atoms with E-state index in [4.69, 9.17) is 0 Å². The predicted molar refractivity (Wildman–Crippen MR) is 114 cm³/mol. The van der Waals surface area contributed by atoms with Crippen LogP contribution in [0.3, 0.4) is 0 Å². The zero-order valence-electron chi connectivity index (χ0n) is 16.1. The molecule has 0 fully saturated rings. The maximum absolute atomic E-state index is 12.4. The first-order chi connectivity index (χ1) is 14.6. The molecule has 0 aliphatic rings. The van der Waals surface area contributed by atoms with Gasteiger partial charge >= 0.3 is 0 Å². The number of anilines is 1. The molecule has 0 bridgehead atoms. The van der Waals surface area contributed by atoms with Crippen LogP contribution in [0.25, 0.3) is 11.5 Å². The van der Waals surface area contributed by atoms with Crippen molar-refractivity contribution in [2.45, 2.75) is 12.1 Å². The highest BCUT2D eigenvalue weighted by Gasteiger charge is 2.17. The highest BCUT2D eigenvalue weighted by molar-refractivity contribution is 7.99. The van der Waals surface area contributed by atoms with E-state index < -0.39 is 0 Å². The van der Waals surface area contributed by atoms with Crippen LogP contribution in [0.4, 0.5) is 5.69 Å². The molecule has 0 atom stereocenters. The summed E-state index contributed by atoms with van der Waals surface area (Å²) in [4.78, 5) is 28.1. The molecule has 0 unspecified atom stereocenters. The third kappa shape index (κ3) is 4.31. The number of Topliss-reactive ketones (excluding diaryl/α,β-unsaturated/α-hetero) is 1. The van der Waals surface area contributed by atoms with Gasteiger partial charge in [-0.2, -0.15) is 0 Å². The van der Waals surface area contributed by atoms with E-state index in [2.05, 4.69) is 20.5 Å². The summed E-state index contributed by atoms with van der Waals surface area (Å²) < 4.78 is 3.65. The summed E-state index contributed by atoms with van der Waals surface area (Å²) in [7, 11) is 0. The lowest BCUT2D eigenvalue weighted by Gasteiger charge is -2.11. The average molecular weight is 418 g/mol. The smallest absolute Gasteiger partial charge is 0.234 e. The van der Waals surface area contributed by atoms with Crippen LogP contribution in [0.1, 0.15) is 17.3 Å². The molecule has 0 spiro atoms. The molecule has 150 valence electrons. The first-order valence-corrected chi connectivity index (χ1v) is 10.1. The molecular formula is C21H18N6O2S. The molecule has 9 heteroatoms. The maximum Gasteiger partial charge on any atom is 0.234 e. The third-order valence-electron chi connectivity index (χ3n) is 4.23. The molecule has 0 aliphatic carbocycles. The number of hydrogen-bond donors (Lipinski definition) is 1. The topological polar surface area (TPSA) is 94.7 Å². The van der Waals surface area contributed by atoms with Crippen LogP contribution in [0.15, 0.2) is 78.3 Å². The zero-order valence-corrected chi connectivity index (χ0v) is 16.9. The van der Waals surface area contributed by atoms with E-state index in [-0.39, 0.29) is 17.4 Å². The quantitative estimate of drug-likeness (QED) is 0.365. The summed E-state index contributed by atoms with van der Waals surface area (Å²) in [5.41, 5.74) is 1.91. The summed E-state index contributed by atoms with van der Waals surface area (Å²) in [5.74, 6) is 0.527. The first-order valence-electron chi connectivity index (χ1n) is 9.16. The molecule has 0 saturated heterocycles. The fourth-order valence-corrected chi connectivity index (χ4v) is 3.53. The van der Waals surface area contributed by atoms with Crippen molar-refractivity contribution in [3.8, 4) is 11.5 Å². The summed E-state index contributed by atoms with van der Waals surface area (Å²) in [6.45, 7) is 1.50. The van der Waals surface area contributed by atoms with Gasteiger partial charge in [-0.25, -0.2) is 4.68 Å². The fourth-order valence-electron chi connectivity index (χ4n) is 2.79. The Labute approximate surface area is 176 Å². The Morgan fingerprint density at radius 1 is 1.00 bits per heavy atom. The number of carbonyl (C=O) groups excluding carboxylic acids is 2. The standard InChI is InChI=1S/C21H18N6O2S/c1-15(28)16-7-9-17(10-8-16)23-19(29)14-30-21-25-24-20(18-6-2-3-11-22-18)27(21)26-12-4-5-13-26/h2-13H,14H2,1H3,(H,23,29). The number of benzene rings is 1. The lowest BCUT2D eigenvalue weighted by Crippen LogP contribution is -2.16. The van der Waals surface area contributed by atoms with Crippen LogP contribution >= 0.6 is 11.8 Å². The molecule has 3 heterocycles. The first kappa shape index (κ1) is 19.6. The van der Waals surface area contributed by atoms with E-state index in [9.17, 15) is 9.59 Å². The summed E-state index contributed by atoms with van der Waals surface area (Å²) in [6, 6.07) is 16.2. The summed E-state index contributed by atoms with van der Waals surface area (Å²) in [5, 5.41) is 11.9. The Hall–Kier alpha value is -3.72. The van der Waals surface area contributed by atoms with E-state index in [0.717, 1.165) is 0 Å². The van der Waals surface area contributed by atoms with Gasteiger partial charge in [0.05, 0.1) is 5.75 Å². The van der Waals surface area contributed by atoms with Crippen molar-refractivity contribution in [2.24, 2.45) is 0 Å². The van der Waals surface area contributed by atoms with E-state index in [1.165, 1.54) is 18.7 Å². The van der Waals surface area contributed by atoms with Gasteiger partial charge in [-0.3, -0.25) is 19.2 Å². The van der Waals surface area contributed by atoms with Crippen LogP contribution in [-0.4, -0.2) is 42.0 Å². The normalized spacial score (nSPS) is 10.7. The Kier molecular flexibility index (Phi) is 5.71. The lowest BCUT2D eigenvalue weighted by atomic mass is 10.1. The lowest BCUT2D eigenvalue weighted by molar-refractivity contribution is -0.113. The van der Waals surface area contributed by atoms with Gasteiger partial charge in [0.1, 0.15) is 5.69 Å². The van der Waals surface area contributed by atoms with Crippen molar-refractivity contribution in [3.05, 3.63) is 78.8 Å². The van der Waals surface area contributed by atoms with Crippen LogP contribution in [0, 0.1) is 0 Å². The van der Waals surface area contributed by atoms with Gasteiger partial charge in [0, 0.05) is 29.8 Å². The number of ketones is 1. The second-order valence-corrected chi connectivity index (χ2v) is 7.31. The number of nitrogens with zero attached hydrogens (tertiary/aromatic N) is 5. The number of rotatable bonds is 7. The van der Waals surface area contributed by atoms with Gasteiger partial charge in [0.25, 0.3) is 0 Å². The van der Waals surface area contributed by atoms with Crippen molar-refractivity contribution >= 4 is 29.1 Å². The maximum atomic E-state index is 12.4. The van der Waals surface area contributed by atoms with Crippen molar-refractivity contribution in [1.82, 2.24) is 24.5 Å². The summed E-state index contributed by atoms with van der Waals surface area (Å²) in [6.07, 6.45) is 5.44. The molecule has 4 rings (SSSR count). The molecule has 0 radical (unpaired) electrons. The van der Waals surface area contributed by atoms with Crippen molar-refractivity contribution in [3.63, 3.8) is 0 Å². The highest BCUT2D eigenvalue weighted by Crippen LogP contribution is 2.23. The van der Waals surface area contributed by atoms with E-state index >= 15 is 0 Å². The van der Waals surface area contributed by atoms with Crippen molar-refractivity contribution in [2.75, 3.05) is 11.1 Å². The van der Waals surface area contributed by atoms with Gasteiger partial charge in [0.2, 0.25) is 16.9 Å². The van der Waals surface area contributed by atoms with Crippen molar-refractivity contribution < 1.29 is 9.59 Å². The van der Waals surface area contributed by atoms with Crippen LogP contribution in [-0.2, 0) is 4.79 Å². The van der Waals surface area contributed by atoms with Gasteiger partial charge in [-0.05, 0) is 55.5 Å². The Morgan fingerprint density at radius 3 is 2.43 bits per heavy atom.